The van der Waals surface area contributed by atoms with E-state index in [2.05, 4.69) is 20.9 Å². The van der Waals surface area contributed by atoms with E-state index in [9.17, 15) is 18.0 Å². The molecule has 1 amide bonds. The second kappa shape index (κ2) is 9.07. The Bertz CT molecular complexity index is 784. The lowest BCUT2D eigenvalue weighted by Gasteiger charge is -2.13. The Morgan fingerprint density at radius 1 is 0.926 bits per heavy atom. The van der Waals surface area contributed by atoms with Crippen molar-refractivity contribution in [2.75, 3.05) is 14.1 Å². The fourth-order valence-corrected chi connectivity index (χ4v) is 2.32. The molecule has 0 aliphatic rings. The van der Waals surface area contributed by atoms with E-state index in [4.69, 9.17) is 0 Å². The Kier molecular flexibility index (Phi) is 6.81. The number of halogens is 3. The quantitative estimate of drug-likeness (QED) is 0.554. The summed E-state index contributed by atoms with van der Waals surface area (Å²) in [4.78, 5) is 15.6. The van der Waals surface area contributed by atoms with Gasteiger partial charge in [0.15, 0.2) is 5.96 Å². The zero-order valence-corrected chi connectivity index (χ0v) is 15.0. The number of alkyl halides is 3. The van der Waals surface area contributed by atoms with Crippen molar-refractivity contribution in [3.05, 3.63) is 70.8 Å². The molecule has 3 N–H and O–H groups in total. The highest BCUT2D eigenvalue weighted by atomic mass is 19.4. The van der Waals surface area contributed by atoms with Crippen LogP contribution < -0.4 is 16.0 Å². The summed E-state index contributed by atoms with van der Waals surface area (Å²) in [6.45, 7) is 0.828. The Balaban J connectivity index is 1.86. The van der Waals surface area contributed by atoms with Gasteiger partial charge in [-0.3, -0.25) is 9.79 Å². The molecule has 27 heavy (non-hydrogen) atoms. The Morgan fingerprint density at radius 2 is 1.41 bits per heavy atom. The van der Waals surface area contributed by atoms with Crippen LogP contribution in [0.4, 0.5) is 13.2 Å². The summed E-state index contributed by atoms with van der Waals surface area (Å²) in [5, 5.41) is 8.72. The molecule has 0 bridgehead atoms. The van der Waals surface area contributed by atoms with Gasteiger partial charge in [-0.25, -0.2) is 0 Å². The molecule has 144 valence electrons. The third kappa shape index (κ3) is 6.02. The number of amides is 1. The molecule has 0 atom stereocenters. The van der Waals surface area contributed by atoms with E-state index in [1.807, 2.05) is 12.1 Å². The molecule has 0 unspecified atom stereocenters. The molecule has 2 aromatic carbocycles. The second-order valence-corrected chi connectivity index (χ2v) is 5.75. The number of carbonyl (C=O) groups excluding carboxylic acids is 1. The van der Waals surface area contributed by atoms with E-state index in [-0.39, 0.29) is 5.91 Å². The number of aliphatic imine (C=N–C) groups is 1. The Labute approximate surface area is 155 Å². The first-order valence-corrected chi connectivity index (χ1v) is 8.25. The number of rotatable bonds is 5. The van der Waals surface area contributed by atoms with Crippen LogP contribution >= 0.6 is 0 Å². The molecule has 8 heteroatoms. The standard InChI is InChI=1S/C19H21F3N4O/c1-23-17(27)15-7-3-13(4-8-15)11-25-18(24-2)26-12-14-5-9-16(10-6-14)19(20,21)22/h3-10H,11-12H2,1-2H3,(H,23,27)(H2,24,25,26). The molecule has 5 nitrogen and oxygen atoms in total. The summed E-state index contributed by atoms with van der Waals surface area (Å²) >= 11 is 0. The Morgan fingerprint density at radius 3 is 1.81 bits per heavy atom. The SMILES string of the molecule is CN=C(NCc1ccc(C(=O)NC)cc1)NCc1ccc(C(F)(F)F)cc1. The van der Waals surface area contributed by atoms with Crippen molar-refractivity contribution in [2.24, 2.45) is 4.99 Å². The lowest BCUT2D eigenvalue weighted by atomic mass is 10.1. The van der Waals surface area contributed by atoms with Crippen LogP contribution in [0.25, 0.3) is 0 Å². The van der Waals surface area contributed by atoms with Gasteiger partial charge in [0.1, 0.15) is 0 Å². The number of hydrogen-bond acceptors (Lipinski definition) is 2. The predicted molar refractivity (Wildman–Crippen MR) is 98.3 cm³/mol. The lowest BCUT2D eigenvalue weighted by Crippen LogP contribution is -2.36. The van der Waals surface area contributed by atoms with Crippen LogP contribution in [0.5, 0.6) is 0 Å². The van der Waals surface area contributed by atoms with Gasteiger partial charge in [-0.1, -0.05) is 24.3 Å². The van der Waals surface area contributed by atoms with Gasteiger partial charge in [0.2, 0.25) is 0 Å². The molecular formula is C19H21F3N4O. The fourth-order valence-electron chi connectivity index (χ4n) is 2.32. The van der Waals surface area contributed by atoms with Crippen LogP contribution in [0.2, 0.25) is 0 Å². The molecular weight excluding hydrogens is 357 g/mol. The smallest absolute Gasteiger partial charge is 0.355 e. The first kappa shape index (κ1) is 20.3. The maximum atomic E-state index is 12.6. The molecule has 0 saturated carbocycles. The van der Waals surface area contributed by atoms with Gasteiger partial charge in [0, 0.05) is 32.7 Å². The van der Waals surface area contributed by atoms with Crippen LogP contribution in [0.1, 0.15) is 27.0 Å². The molecule has 0 heterocycles. The highest BCUT2D eigenvalue weighted by Gasteiger charge is 2.29. The van der Waals surface area contributed by atoms with Crippen LogP contribution in [0, 0.1) is 0 Å². The van der Waals surface area contributed by atoms with E-state index in [1.165, 1.54) is 12.1 Å². The highest BCUT2D eigenvalue weighted by Crippen LogP contribution is 2.29. The van der Waals surface area contributed by atoms with Gasteiger partial charge < -0.3 is 16.0 Å². The molecule has 0 spiro atoms. The van der Waals surface area contributed by atoms with Crippen LogP contribution in [0.15, 0.2) is 53.5 Å². The van der Waals surface area contributed by atoms with E-state index in [1.54, 1.807) is 26.2 Å². The van der Waals surface area contributed by atoms with E-state index in [0.717, 1.165) is 17.7 Å². The molecule has 0 aromatic heterocycles. The van der Waals surface area contributed by atoms with Gasteiger partial charge in [-0.15, -0.1) is 0 Å². The average molecular weight is 378 g/mol. The van der Waals surface area contributed by atoms with Crippen molar-refractivity contribution in [1.29, 1.82) is 0 Å². The summed E-state index contributed by atoms with van der Waals surface area (Å²) in [7, 11) is 3.18. The maximum absolute atomic E-state index is 12.6. The van der Waals surface area contributed by atoms with Crippen LogP contribution in [-0.2, 0) is 19.3 Å². The van der Waals surface area contributed by atoms with Crippen molar-refractivity contribution in [2.45, 2.75) is 19.3 Å². The van der Waals surface area contributed by atoms with Crippen molar-refractivity contribution < 1.29 is 18.0 Å². The monoisotopic (exact) mass is 378 g/mol. The van der Waals surface area contributed by atoms with E-state index >= 15 is 0 Å². The summed E-state index contributed by atoms with van der Waals surface area (Å²) in [5.74, 6) is 0.369. The minimum Gasteiger partial charge on any atom is -0.355 e. The minimum atomic E-state index is -4.34. The molecule has 0 fully saturated rings. The molecule has 2 aromatic rings. The molecule has 2 rings (SSSR count). The van der Waals surface area contributed by atoms with E-state index < -0.39 is 11.7 Å². The third-order valence-electron chi connectivity index (χ3n) is 3.87. The summed E-state index contributed by atoms with van der Waals surface area (Å²) in [5.41, 5.74) is 1.57. The first-order chi connectivity index (χ1) is 12.8. The molecule has 0 saturated heterocycles. The van der Waals surface area contributed by atoms with Crippen LogP contribution in [0.3, 0.4) is 0 Å². The molecule has 0 aliphatic carbocycles. The number of nitrogens with zero attached hydrogens (tertiary/aromatic N) is 1. The highest BCUT2D eigenvalue weighted by molar-refractivity contribution is 5.93. The number of guanidine groups is 1. The molecule has 0 aliphatic heterocycles. The van der Waals surface area contributed by atoms with Gasteiger partial charge in [-0.2, -0.15) is 13.2 Å². The largest absolute Gasteiger partial charge is 0.416 e. The number of hydrogen-bond donors (Lipinski definition) is 3. The minimum absolute atomic E-state index is 0.150. The third-order valence-corrected chi connectivity index (χ3v) is 3.87. The van der Waals surface area contributed by atoms with Gasteiger partial charge >= 0.3 is 6.18 Å². The number of benzene rings is 2. The maximum Gasteiger partial charge on any atom is 0.416 e. The fraction of sp³-hybridized carbons (Fsp3) is 0.263. The predicted octanol–water partition coefficient (Wildman–Crippen LogP) is 2.93. The van der Waals surface area contributed by atoms with Crippen LogP contribution in [-0.4, -0.2) is 26.0 Å². The number of carbonyl (C=O) groups is 1. The topological polar surface area (TPSA) is 65.5 Å². The van der Waals surface area contributed by atoms with Crippen molar-refractivity contribution in [3.63, 3.8) is 0 Å². The summed E-state index contributed by atoms with van der Waals surface area (Å²) in [6.07, 6.45) is -4.34. The first-order valence-electron chi connectivity index (χ1n) is 8.25. The lowest BCUT2D eigenvalue weighted by molar-refractivity contribution is -0.137. The number of nitrogens with one attached hydrogen (secondary N) is 3. The van der Waals surface area contributed by atoms with Gasteiger partial charge in [0.25, 0.3) is 5.91 Å². The molecule has 0 radical (unpaired) electrons. The van der Waals surface area contributed by atoms with Crippen molar-refractivity contribution in [3.8, 4) is 0 Å². The summed E-state index contributed by atoms with van der Waals surface area (Å²) in [6, 6.07) is 12.1. The second-order valence-electron chi connectivity index (χ2n) is 5.75. The average Bonchev–Trinajstić information content (AvgIpc) is 2.67. The van der Waals surface area contributed by atoms with Gasteiger partial charge in [-0.05, 0) is 35.4 Å². The zero-order chi connectivity index (χ0) is 19.9. The van der Waals surface area contributed by atoms with Gasteiger partial charge in [0.05, 0.1) is 5.56 Å². The normalized spacial score (nSPS) is 11.8. The Hall–Kier alpha value is -3.03. The summed E-state index contributed by atoms with van der Waals surface area (Å²) < 4.78 is 37.7. The zero-order valence-electron chi connectivity index (χ0n) is 15.0. The van der Waals surface area contributed by atoms with Crippen molar-refractivity contribution in [1.82, 2.24) is 16.0 Å². The van der Waals surface area contributed by atoms with E-state index in [0.29, 0.717) is 30.2 Å². The van der Waals surface area contributed by atoms with Crippen molar-refractivity contribution >= 4 is 11.9 Å².